The lowest BCUT2D eigenvalue weighted by molar-refractivity contribution is 0.0938. The third kappa shape index (κ3) is 4.25. The van der Waals surface area contributed by atoms with Crippen molar-refractivity contribution in [2.75, 3.05) is 5.32 Å². The first-order valence-corrected chi connectivity index (χ1v) is 7.20. The molecule has 116 valence electrons. The summed E-state index contributed by atoms with van der Waals surface area (Å²) in [6.07, 6.45) is 3.76. The minimum atomic E-state index is -0.278. The number of aromatic nitrogens is 2. The van der Waals surface area contributed by atoms with Gasteiger partial charge in [-0.05, 0) is 19.4 Å². The fourth-order valence-electron chi connectivity index (χ4n) is 1.76. The van der Waals surface area contributed by atoms with Crippen LogP contribution in [-0.2, 0) is 6.54 Å². The van der Waals surface area contributed by atoms with E-state index in [9.17, 15) is 9.18 Å². The van der Waals surface area contributed by atoms with Crippen molar-refractivity contribution in [2.24, 2.45) is 0 Å². The van der Waals surface area contributed by atoms with E-state index in [0.29, 0.717) is 17.1 Å². The van der Waals surface area contributed by atoms with Crippen LogP contribution in [0.4, 0.5) is 10.3 Å². The smallest absolute Gasteiger partial charge is 0.254 e. The van der Waals surface area contributed by atoms with E-state index in [2.05, 4.69) is 20.6 Å². The molecule has 1 aromatic carbocycles. The summed E-state index contributed by atoms with van der Waals surface area (Å²) in [7, 11) is 0. The molecular weight excluding hydrogens is 283 g/mol. The van der Waals surface area contributed by atoms with Crippen LogP contribution < -0.4 is 10.6 Å². The summed E-state index contributed by atoms with van der Waals surface area (Å²) in [5.74, 6) is -0.127. The van der Waals surface area contributed by atoms with E-state index < -0.39 is 0 Å². The number of amides is 1. The fraction of sp³-hybridized carbons (Fsp3) is 0.312. The molecule has 2 rings (SSSR count). The van der Waals surface area contributed by atoms with Gasteiger partial charge in [0.05, 0.1) is 5.56 Å². The van der Waals surface area contributed by atoms with E-state index >= 15 is 0 Å². The van der Waals surface area contributed by atoms with Gasteiger partial charge in [-0.2, -0.15) is 0 Å². The third-order valence-corrected chi connectivity index (χ3v) is 3.30. The molecule has 6 heteroatoms. The van der Waals surface area contributed by atoms with E-state index in [4.69, 9.17) is 0 Å². The quantitative estimate of drug-likeness (QED) is 0.861. The molecule has 0 bridgehead atoms. The van der Waals surface area contributed by atoms with Crippen LogP contribution in [-0.4, -0.2) is 21.9 Å². The highest BCUT2D eigenvalue weighted by Gasteiger charge is 2.09. The Bertz CT molecular complexity index is 630. The van der Waals surface area contributed by atoms with E-state index in [1.165, 1.54) is 18.5 Å². The molecule has 0 aliphatic heterocycles. The molecule has 1 aromatic heterocycles. The van der Waals surface area contributed by atoms with Crippen molar-refractivity contribution in [2.45, 2.75) is 32.9 Å². The molecule has 1 unspecified atom stereocenters. The topological polar surface area (TPSA) is 66.9 Å². The van der Waals surface area contributed by atoms with Crippen LogP contribution in [0.2, 0.25) is 0 Å². The zero-order valence-corrected chi connectivity index (χ0v) is 12.6. The largest absolute Gasteiger partial charge is 0.350 e. The maximum Gasteiger partial charge on any atom is 0.254 e. The summed E-state index contributed by atoms with van der Waals surface area (Å²) in [5.41, 5.74) is 0.932. The number of hydrogen-bond donors (Lipinski definition) is 2. The van der Waals surface area contributed by atoms with Gasteiger partial charge in [-0.1, -0.05) is 25.1 Å². The number of anilines is 1. The van der Waals surface area contributed by atoms with E-state index in [-0.39, 0.29) is 24.3 Å². The van der Waals surface area contributed by atoms with E-state index in [1.807, 2.05) is 13.8 Å². The number of carbonyl (C=O) groups excluding carboxylic acids is 1. The number of hydrogen-bond acceptors (Lipinski definition) is 4. The van der Waals surface area contributed by atoms with Gasteiger partial charge in [0.15, 0.2) is 0 Å². The summed E-state index contributed by atoms with van der Waals surface area (Å²) in [6.45, 7) is 4.21. The van der Waals surface area contributed by atoms with E-state index in [1.54, 1.807) is 18.2 Å². The van der Waals surface area contributed by atoms with Gasteiger partial charge in [0.25, 0.3) is 5.91 Å². The summed E-state index contributed by atoms with van der Waals surface area (Å²) in [4.78, 5) is 20.0. The predicted molar refractivity (Wildman–Crippen MR) is 83.0 cm³/mol. The number of rotatable bonds is 6. The third-order valence-electron chi connectivity index (χ3n) is 3.30. The highest BCUT2D eigenvalue weighted by molar-refractivity contribution is 5.93. The lowest BCUT2D eigenvalue weighted by Gasteiger charge is -2.11. The lowest BCUT2D eigenvalue weighted by Crippen LogP contribution is -2.32. The Hall–Kier alpha value is -2.50. The van der Waals surface area contributed by atoms with Crippen molar-refractivity contribution in [3.63, 3.8) is 0 Å². The van der Waals surface area contributed by atoms with Gasteiger partial charge < -0.3 is 10.6 Å². The number of nitrogens with one attached hydrogen (secondary N) is 2. The molecule has 0 fully saturated rings. The molecule has 0 spiro atoms. The van der Waals surface area contributed by atoms with Gasteiger partial charge in [0, 0.05) is 30.5 Å². The minimum Gasteiger partial charge on any atom is -0.350 e. The summed E-state index contributed by atoms with van der Waals surface area (Å²) in [5, 5.41) is 5.77. The highest BCUT2D eigenvalue weighted by atomic mass is 19.1. The molecule has 22 heavy (non-hydrogen) atoms. The molecule has 0 radical (unpaired) electrons. The van der Waals surface area contributed by atoms with Gasteiger partial charge in [0.1, 0.15) is 5.82 Å². The molecule has 2 aromatic rings. The van der Waals surface area contributed by atoms with Gasteiger partial charge in [-0.3, -0.25) is 4.79 Å². The first-order valence-electron chi connectivity index (χ1n) is 7.20. The van der Waals surface area contributed by atoms with Crippen molar-refractivity contribution >= 4 is 11.9 Å². The SMILES string of the molecule is CCC(C)NC(=O)c1cnc(NCc2ccccc2F)nc1. The van der Waals surface area contributed by atoms with Crippen LogP contribution in [0.5, 0.6) is 0 Å². The Morgan fingerprint density at radius 1 is 1.27 bits per heavy atom. The Morgan fingerprint density at radius 3 is 2.59 bits per heavy atom. The second-order valence-electron chi connectivity index (χ2n) is 5.02. The minimum absolute atomic E-state index is 0.103. The van der Waals surface area contributed by atoms with Crippen molar-refractivity contribution in [1.82, 2.24) is 15.3 Å². The summed E-state index contributed by atoms with van der Waals surface area (Å²) in [6, 6.07) is 6.60. The molecule has 1 heterocycles. The number of benzene rings is 1. The molecule has 5 nitrogen and oxygen atoms in total. The molecule has 1 amide bonds. The Balaban J connectivity index is 1.95. The van der Waals surface area contributed by atoms with Crippen molar-refractivity contribution in [1.29, 1.82) is 0 Å². The van der Waals surface area contributed by atoms with Crippen LogP contribution >= 0.6 is 0 Å². The fourth-order valence-corrected chi connectivity index (χ4v) is 1.76. The summed E-state index contributed by atoms with van der Waals surface area (Å²) >= 11 is 0. The number of halogens is 1. The molecule has 2 N–H and O–H groups in total. The lowest BCUT2D eigenvalue weighted by atomic mass is 10.2. The van der Waals surface area contributed by atoms with Gasteiger partial charge in [0.2, 0.25) is 5.95 Å². The van der Waals surface area contributed by atoms with Gasteiger partial charge in [-0.15, -0.1) is 0 Å². The first kappa shape index (κ1) is 15.9. The van der Waals surface area contributed by atoms with Crippen LogP contribution in [0.15, 0.2) is 36.7 Å². The second kappa shape index (κ2) is 7.49. The first-order chi connectivity index (χ1) is 10.6. The molecule has 0 saturated heterocycles. The Morgan fingerprint density at radius 2 is 1.95 bits per heavy atom. The molecule has 1 atom stereocenters. The van der Waals surface area contributed by atoms with Gasteiger partial charge >= 0.3 is 0 Å². The van der Waals surface area contributed by atoms with Gasteiger partial charge in [-0.25, -0.2) is 14.4 Å². The Labute approximate surface area is 129 Å². The normalized spacial score (nSPS) is 11.8. The second-order valence-corrected chi connectivity index (χ2v) is 5.02. The number of nitrogens with zero attached hydrogens (tertiary/aromatic N) is 2. The molecule has 0 aliphatic carbocycles. The Kier molecular flexibility index (Phi) is 5.41. The zero-order valence-electron chi connectivity index (χ0n) is 12.6. The maximum absolute atomic E-state index is 13.5. The number of carbonyl (C=O) groups is 1. The standard InChI is InChI=1S/C16H19FN4O/c1-3-11(2)21-15(22)13-9-19-16(20-10-13)18-8-12-6-4-5-7-14(12)17/h4-7,9-11H,3,8H2,1-2H3,(H,21,22)(H,18,19,20). The average Bonchev–Trinajstić information content (AvgIpc) is 2.54. The van der Waals surface area contributed by atoms with Crippen LogP contribution in [0, 0.1) is 5.82 Å². The summed E-state index contributed by atoms with van der Waals surface area (Å²) < 4.78 is 13.5. The average molecular weight is 302 g/mol. The predicted octanol–water partition coefficient (Wildman–Crippen LogP) is 2.76. The van der Waals surface area contributed by atoms with Crippen molar-refractivity contribution in [3.05, 3.63) is 53.6 Å². The van der Waals surface area contributed by atoms with E-state index in [0.717, 1.165) is 6.42 Å². The zero-order chi connectivity index (χ0) is 15.9. The molecule has 0 saturated carbocycles. The van der Waals surface area contributed by atoms with Crippen LogP contribution in [0.25, 0.3) is 0 Å². The highest BCUT2D eigenvalue weighted by Crippen LogP contribution is 2.08. The van der Waals surface area contributed by atoms with Crippen LogP contribution in [0.3, 0.4) is 0 Å². The van der Waals surface area contributed by atoms with Crippen molar-refractivity contribution < 1.29 is 9.18 Å². The van der Waals surface area contributed by atoms with Crippen LogP contribution in [0.1, 0.15) is 36.2 Å². The monoisotopic (exact) mass is 302 g/mol. The molecule has 0 aliphatic rings. The maximum atomic E-state index is 13.5. The van der Waals surface area contributed by atoms with Crippen molar-refractivity contribution in [3.8, 4) is 0 Å². The molecular formula is C16H19FN4O.